The summed E-state index contributed by atoms with van der Waals surface area (Å²) >= 11 is 0. The number of hydrogen-bond donors (Lipinski definition) is 1. The maximum Gasteiger partial charge on any atom is 0.332 e. The molecule has 0 aromatic heterocycles. The summed E-state index contributed by atoms with van der Waals surface area (Å²) in [4.78, 5) is 40.5. The highest BCUT2D eigenvalue weighted by Crippen LogP contribution is 2.31. The van der Waals surface area contributed by atoms with Crippen LogP contribution in [0.25, 0.3) is 0 Å². The van der Waals surface area contributed by atoms with Crippen LogP contribution in [0.1, 0.15) is 36.1 Å². The Hall–Kier alpha value is -3.15. The molecule has 0 saturated carbocycles. The zero-order valence-electron chi connectivity index (χ0n) is 16.0. The van der Waals surface area contributed by atoms with Gasteiger partial charge in [-0.05, 0) is 49.9 Å². The van der Waals surface area contributed by atoms with Gasteiger partial charge in [-0.15, -0.1) is 0 Å². The van der Waals surface area contributed by atoms with Crippen LogP contribution in [0.2, 0.25) is 0 Å². The maximum absolute atomic E-state index is 12.8. The molecule has 2 atom stereocenters. The number of anilines is 1. The molecule has 2 aromatic rings. The number of amides is 4. The summed E-state index contributed by atoms with van der Waals surface area (Å²) in [6.45, 7) is 3.39. The molecule has 2 aromatic carbocycles. The van der Waals surface area contributed by atoms with E-state index >= 15 is 0 Å². The Kier molecular flexibility index (Phi) is 4.63. The van der Waals surface area contributed by atoms with Gasteiger partial charge in [-0.1, -0.05) is 42.0 Å². The van der Waals surface area contributed by atoms with Crippen LogP contribution in [0.4, 0.5) is 10.5 Å². The molecule has 0 spiro atoms. The number of carbonyl (C=O) groups excluding carboxylic acids is 3. The average Bonchev–Trinajstić information content (AvgIpc) is 3.18. The van der Waals surface area contributed by atoms with Gasteiger partial charge in [-0.2, -0.15) is 0 Å². The molecule has 1 heterocycles. The van der Waals surface area contributed by atoms with Gasteiger partial charge in [0.15, 0.2) is 0 Å². The number of rotatable bonds is 4. The number of aryl methyl sites for hydroxylation is 2. The number of fused-ring (bicyclic) bond motifs is 1. The molecule has 1 N–H and O–H groups in total. The fourth-order valence-corrected chi connectivity index (χ4v) is 4.00. The molecule has 1 fully saturated rings. The zero-order valence-corrected chi connectivity index (χ0v) is 16.0. The molecule has 1 aliphatic carbocycles. The SMILES string of the molecule is Cc1ccc(N2C(=O)N(CC(=O)N[C@H]3CCc4ccccc43)C(=O)[C@H]2C)cc1. The van der Waals surface area contributed by atoms with Crippen molar-refractivity contribution in [1.82, 2.24) is 10.2 Å². The zero-order chi connectivity index (χ0) is 19.8. The van der Waals surface area contributed by atoms with Crippen molar-refractivity contribution in [2.24, 2.45) is 0 Å². The highest BCUT2D eigenvalue weighted by molar-refractivity contribution is 6.15. The minimum Gasteiger partial charge on any atom is -0.348 e. The van der Waals surface area contributed by atoms with Crippen LogP contribution in [-0.2, 0) is 16.0 Å². The van der Waals surface area contributed by atoms with E-state index in [1.165, 1.54) is 10.5 Å². The van der Waals surface area contributed by atoms with Gasteiger partial charge in [0.05, 0.1) is 6.04 Å². The lowest BCUT2D eigenvalue weighted by molar-refractivity contribution is -0.132. The van der Waals surface area contributed by atoms with Crippen LogP contribution in [0, 0.1) is 6.92 Å². The van der Waals surface area contributed by atoms with Crippen LogP contribution >= 0.6 is 0 Å². The standard InChI is InChI=1S/C22H23N3O3/c1-14-7-10-17(11-8-14)25-15(2)21(27)24(22(25)28)13-20(26)23-19-12-9-16-5-3-4-6-18(16)19/h3-8,10-11,15,19H,9,12-13H2,1-2H3,(H,23,26)/t15-,19+/m1/s1. The molecule has 2 aliphatic rings. The lowest BCUT2D eigenvalue weighted by Gasteiger charge is -2.20. The summed E-state index contributed by atoms with van der Waals surface area (Å²) in [7, 11) is 0. The second-order valence-corrected chi connectivity index (χ2v) is 7.45. The molecular weight excluding hydrogens is 354 g/mol. The fraction of sp³-hybridized carbons (Fsp3) is 0.318. The van der Waals surface area contributed by atoms with Crippen LogP contribution in [-0.4, -0.2) is 35.3 Å². The number of hydrogen-bond acceptors (Lipinski definition) is 3. The number of nitrogens with one attached hydrogen (secondary N) is 1. The van der Waals surface area contributed by atoms with E-state index in [1.807, 2.05) is 49.4 Å². The number of benzene rings is 2. The Balaban J connectivity index is 1.46. The topological polar surface area (TPSA) is 69.7 Å². The summed E-state index contributed by atoms with van der Waals surface area (Å²) in [5.41, 5.74) is 4.08. The smallest absolute Gasteiger partial charge is 0.332 e. The third-order valence-corrected chi connectivity index (χ3v) is 5.53. The number of carbonyl (C=O) groups is 3. The van der Waals surface area contributed by atoms with Crippen molar-refractivity contribution in [1.29, 1.82) is 0 Å². The highest BCUT2D eigenvalue weighted by atomic mass is 16.2. The number of nitrogens with zero attached hydrogens (tertiary/aromatic N) is 2. The first-order valence-electron chi connectivity index (χ1n) is 9.54. The highest BCUT2D eigenvalue weighted by Gasteiger charge is 2.44. The summed E-state index contributed by atoms with van der Waals surface area (Å²) in [6.07, 6.45) is 1.75. The van der Waals surface area contributed by atoms with Gasteiger partial charge in [0, 0.05) is 5.69 Å². The molecule has 4 amide bonds. The molecule has 28 heavy (non-hydrogen) atoms. The third-order valence-electron chi connectivity index (χ3n) is 5.53. The van der Waals surface area contributed by atoms with Crippen molar-refractivity contribution in [2.45, 2.75) is 38.8 Å². The monoisotopic (exact) mass is 377 g/mol. The Labute approximate surface area is 164 Å². The van der Waals surface area contributed by atoms with Gasteiger partial charge >= 0.3 is 6.03 Å². The summed E-state index contributed by atoms with van der Waals surface area (Å²) in [5.74, 6) is -0.672. The molecule has 144 valence electrons. The average molecular weight is 377 g/mol. The molecule has 4 rings (SSSR count). The van der Waals surface area contributed by atoms with Gasteiger partial charge in [0.1, 0.15) is 12.6 Å². The van der Waals surface area contributed by atoms with E-state index in [4.69, 9.17) is 0 Å². The van der Waals surface area contributed by atoms with Gasteiger partial charge in [-0.3, -0.25) is 19.4 Å². The van der Waals surface area contributed by atoms with E-state index in [2.05, 4.69) is 11.4 Å². The molecule has 6 nitrogen and oxygen atoms in total. The van der Waals surface area contributed by atoms with Crippen molar-refractivity contribution in [3.8, 4) is 0 Å². The first kappa shape index (κ1) is 18.2. The first-order chi connectivity index (χ1) is 13.5. The van der Waals surface area contributed by atoms with Crippen molar-refractivity contribution in [2.75, 3.05) is 11.4 Å². The van der Waals surface area contributed by atoms with E-state index in [0.717, 1.165) is 28.9 Å². The second-order valence-electron chi connectivity index (χ2n) is 7.45. The first-order valence-corrected chi connectivity index (χ1v) is 9.54. The predicted molar refractivity (Wildman–Crippen MR) is 106 cm³/mol. The third kappa shape index (κ3) is 3.15. The molecule has 0 bridgehead atoms. The molecule has 1 saturated heterocycles. The van der Waals surface area contributed by atoms with Crippen molar-refractivity contribution in [3.63, 3.8) is 0 Å². The van der Waals surface area contributed by atoms with E-state index in [9.17, 15) is 14.4 Å². The van der Waals surface area contributed by atoms with E-state index in [-0.39, 0.29) is 24.4 Å². The van der Waals surface area contributed by atoms with Crippen molar-refractivity contribution in [3.05, 3.63) is 65.2 Å². The molecular formula is C22H23N3O3. The molecule has 1 aliphatic heterocycles. The maximum atomic E-state index is 12.8. The summed E-state index contributed by atoms with van der Waals surface area (Å²) in [6, 6.07) is 14.3. The van der Waals surface area contributed by atoms with E-state index in [1.54, 1.807) is 6.92 Å². The molecule has 0 unspecified atom stereocenters. The second kappa shape index (κ2) is 7.11. The largest absolute Gasteiger partial charge is 0.348 e. The van der Waals surface area contributed by atoms with Gasteiger partial charge in [-0.25, -0.2) is 4.79 Å². The Morgan fingerprint density at radius 2 is 1.82 bits per heavy atom. The van der Waals surface area contributed by atoms with E-state index in [0.29, 0.717) is 5.69 Å². The fourth-order valence-electron chi connectivity index (χ4n) is 4.00. The van der Waals surface area contributed by atoms with Crippen molar-refractivity contribution >= 4 is 23.5 Å². The van der Waals surface area contributed by atoms with Gasteiger partial charge < -0.3 is 5.32 Å². The van der Waals surface area contributed by atoms with Crippen LogP contribution in [0.15, 0.2) is 48.5 Å². The number of imide groups is 1. The lowest BCUT2D eigenvalue weighted by Crippen LogP contribution is -2.42. The molecule has 0 radical (unpaired) electrons. The minimum atomic E-state index is -0.629. The molecule has 6 heteroatoms. The van der Waals surface area contributed by atoms with Crippen LogP contribution in [0.3, 0.4) is 0 Å². The van der Waals surface area contributed by atoms with Crippen LogP contribution in [0.5, 0.6) is 0 Å². The minimum absolute atomic E-state index is 0.0675. The van der Waals surface area contributed by atoms with Crippen LogP contribution < -0.4 is 10.2 Å². The van der Waals surface area contributed by atoms with E-state index < -0.39 is 12.1 Å². The van der Waals surface area contributed by atoms with Crippen molar-refractivity contribution < 1.29 is 14.4 Å². The quantitative estimate of drug-likeness (QED) is 0.833. The normalized spacial score (nSPS) is 21.2. The lowest BCUT2D eigenvalue weighted by atomic mass is 10.1. The predicted octanol–water partition coefficient (Wildman–Crippen LogP) is 2.96. The van der Waals surface area contributed by atoms with Gasteiger partial charge in [0.2, 0.25) is 5.91 Å². The Morgan fingerprint density at radius 3 is 2.57 bits per heavy atom. The Morgan fingerprint density at radius 1 is 1.11 bits per heavy atom. The van der Waals surface area contributed by atoms with Gasteiger partial charge in [0.25, 0.3) is 5.91 Å². The summed E-state index contributed by atoms with van der Waals surface area (Å²) in [5, 5.41) is 2.98. The summed E-state index contributed by atoms with van der Waals surface area (Å²) < 4.78 is 0. The number of urea groups is 1. The Bertz CT molecular complexity index is 938.